The molecule has 3 aromatic heterocycles. The van der Waals surface area contributed by atoms with Gasteiger partial charge < -0.3 is 20.5 Å². The minimum Gasteiger partial charge on any atom is -0.491 e. The van der Waals surface area contributed by atoms with Crippen LogP contribution in [0.3, 0.4) is 0 Å². The number of anilines is 2. The average Bonchev–Trinajstić information content (AvgIpc) is 3.29. The number of hydrogen-bond donors (Lipinski definition) is 2. The summed E-state index contributed by atoms with van der Waals surface area (Å²) in [4.78, 5) is 8.68. The van der Waals surface area contributed by atoms with E-state index in [1.807, 2.05) is 13.0 Å². The van der Waals surface area contributed by atoms with Gasteiger partial charge in [-0.05, 0) is 48.4 Å². The first-order valence-corrected chi connectivity index (χ1v) is 15.1. The van der Waals surface area contributed by atoms with Gasteiger partial charge in [0.1, 0.15) is 24.0 Å². The van der Waals surface area contributed by atoms with Crippen molar-refractivity contribution < 1.29 is 26.7 Å². The van der Waals surface area contributed by atoms with Crippen LogP contribution in [0.5, 0.6) is 5.75 Å². The molecule has 4 atom stereocenters. The van der Waals surface area contributed by atoms with Crippen LogP contribution in [0.25, 0.3) is 16.8 Å². The van der Waals surface area contributed by atoms with Gasteiger partial charge in [0.05, 0.1) is 46.7 Å². The summed E-state index contributed by atoms with van der Waals surface area (Å²) in [6, 6.07) is 6.78. The van der Waals surface area contributed by atoms with Crippen molar-refractivity contribution in [2.45, 2.75) is 37.0 Å². The number of benzene rings is 1. The number of rotatable bonds is 9. The van der Waals surface area contributed by atoms with Crippen molar-refractivity contribution in [3.63, 3.8) is 0 Å². The summed E-state index contributed by atoms with van der Waals surface area (Å²) < 4.78 is 66.4. The van der Waals surface area contributed by atoms with E-state index < -0.39 is 32.8 Å². The zero-order valence-electron chi connectivity index (χ0n) is 22.9. The molecule has 1 aromatic carbocycles. The maximum absolute atomic E-state index is 15.0. The highest BCUT2D eigenvalue weighted by molar-refractivity contribution is 7.91. The normalized spacial score (nSPS) is 21.2. The number of pyridine rings is 1. The third kappa shape index (κ3) is 6.02. The van der Waals surface area contributed by atoms with Crippen molar-refractivity contribution in [1.29, 1.82) is 0 Å². The third-order valence-corrected chi connectivity index (χ3v) is 9.25. The summed E-state index contributed by atoms with van der Waals surface area (Å²) in [6.07, 6.45) is 7.29. The number of fused-ring (bicyclic) bond motifs is 1. The summed E-state index contributed by atoms with van der Waals surface area (Å²) in [7, 11) is -1.78. The Hall–Kier alpha value is -3.68. The van der Waals surface area contributed by atoms with Crippen LogP contribution in [0.2, 0.25) is 0 Å². The molecule has 3 N–H and O–H groups in total. The van der Waals surface area contributed by atoms with Crippen LogP contribution in [-0.2, 0) is 14.6 Å². The van der Waals surface area contributed by atoms with Crippen molar-refractivity contribution in [2.75, 3.05) is 31.9 Å². The highest BCUT2D eigenvalue weighted by Crippen LogP contribution is 2.41. The Balaban J connectivity index is 1.44. The van der Waals surface area contributed by atoms with Gasteiger partial charge in [-0.15, -0.1) is 0 Å². The Morgan fingerprint density at radius 3 is 2.56 bits per heavy atom. The van der Waals surface area contributed by atoms with Crippen molar-refractivity contribution in [3.8, 4) is 17.0 Å². The maximum Gasteiger partial charge on any atom is 0.229 e. The van der Waals surface area contributed by atoms with Crippen LogP contribution in [0.15, 0.2) is 48.9 Å². The first kappa shape index (κ1) is 28.8. The first-order valence-electron chi connectivity index (χ1n) is 13.2. The van der Waals surface area contributed by atoms with Gasteiger partial charge in [-0.2, -0.15) is 9.61 Å². The van der Waals surface area contributed by atoms with E-state index in [-0.39, 0.29) is 42.1 Å². The fourth-order valence-corrected chi connectivity index (χ4v) is 7.47. The van der Waals surface area contributed by atoms with Crippen LogP contribution >= 0.6 is 0 Å². The number of aromatic nitrogens is 4. The van der Waals surface area contributed by atoms with Crippen molar-refractivity contribution in [1.82, 2.24) is 19.6 Å². The predicted octanol–water partition coefficient (Wildman–Crippen LogP) is 4.09. The zero-order chi connectivity index (χ0) is 29.3. The molecule has 0 radical (unpaired) electrons. The summed E-state index contributed by atoms with van der Waals surface area (Å²) in [5.41, 5.74) is 8.32. The lowest BCUT2D eigenvalue weighted by molar-refractivity contribution is 0.146. The van der Waals surface area contributed by atoms with Gasteiger partial charge in [0, 0.05) is 37.7 Å². The van der Waals surface area contributed by atoms with Crippen LogP contribution < -0.4 is 15.8 Å². The Morgan fingerprint density at radius 1 is 1.12 bits per heavy atom. The van der Waals surface area contributed by atoms with Crippen LogP contribution in [0.4, 0.5) is 20.4 Å². The second-order valence-corrected chi connectivity index (χ2v) is 12.6. The van der Waals surface area contributed by atoms with E-state index in [0.717, 1.165) is 17.7 Å². The minimum absolute atomic E-state index is 0.00828. The highest BCUT2D eigenvalue weighted by atomic mass is 32.2. The van der Waals surface area contributed by atoms with Gasteiger partial charge in [-0.3, -0.25) is 4.98 Å². The summed E-state index contributed by atoms with van der Waals surface area (Å²) in [5, 5.41) is 7.14. The van der Waals surface area contributed by atoms with E-state index >= 15 is 8.78 Å². The Morgan fingerprint density at radius 2 is 1.88 bits per heavy atom. The molecular formula is C28H32F2N6O4S. The molecule has 5 rings (SSSR count). The quantitative estimate of drug-likeness (QED) is 0.278. The highest BCUT2D eigenvalue weighted by Gasteiger charge is 2.40. The molecule has 218 valence electrons. The lowest BCUT2D eigenvalue weighted by atomic mass is 9.76. The molecule has 0 aliphatic heterocycles. The number of sulfone groups is 1. The Bertz CT molecular complexity index is 1630. The molecule has 0 amide bonds. The third-order valence-electron chi connectivity index (χ3n) is 7.44. The number of nitrogens with two attached hydrogens (primary N) is 1. The van der Waals surface area contributed by atoms with Crippen molar-refractivity contribution in [3.05, 3.63) is 66.1 Å². The summed E-state index contributed by atoms with van der Waals surface area (Å²) >= 11 is 0. The smallest absolute Gasteiger partial charge is 0.229 e. The van der Waals surface area contributed by atoms with E-state index in [2.05, 4.69) is 20.4 Å². The monoisotopic (exact) mass is 586 g/mol. The van der Waals surface area contributed by atoms with E-state index in [1.54, 1.807) is 24.7 Å². The number of halogens is 2. The second-order valence-electron chi connectivity index (χ2n) is 10.4. The molecule has 0 bridgehead atoms. The number of ether oxygens (including phenoxy) is 2. The molecule has 3 heterocycles. The SMILES string of the molecule is COCCOc1cc(F)c(-c2ccc3cnc(Nc4cnccc4[C@H]4C[C@@H](N)[C@@H](S(C)(=O)=O)[C@@H](C)C4)n3n2)c(F)c1. The Kier molecular flexibility index (Phi) is 8.20. The topological polar surface area (TPSA) is 134 Å². The zero-order valence-corrected chi connectivity index (χ0v) is 23.7. The molecule has 1 fully saturated rings. The van der Waals surface area contributed by atoms with Gasteiger partial charge >= 0.3 is 0 Å². The largest absolute Gasteiger partial charge is 0.491 e. The molecular weight excluding hydrogens is 554 g/mol. The van der Waals surface area contributed by atoms with Crippen molar-refractivity contribution in [2.24, 2.45) is 11.7 Å². The molecule has 4 aromatic rings. The standard InChI is InChI=1S/C28H32F2N6O4S/c1-16-10-17(11-23(31)27(16)41(3,37)38)20-6-7-32-15-25(20)34-28-33-14-18-4-5-24(35-36(18)28)26-21(29)12-19(13-22(26)30)40-9-8-39-2/h4-7,12-17,23,27H,8-11,31H2,1-3H3,(H,33,34)/t16-,17+,23+,27-/m0/s1. The van der Waals surface area contributed by atoms with Crippen LogP contribution in [-0.4, -0.2) is 65.9 Å². The summed E-state index contributed by atoms with van der Waals surface area (Å²) in [5.74, 6) is -1.40. The molecule has 0 unspecified atom stereocenters. The second kappa shape index (κ2) is 11.7. The summed E-state index contributed by atoms with van der Waals surface area (Å²) in [6.45, 7) is 2.35. The minimum atomic E-state index is -3.29. The number of methoxy groups -OCH3 is 1. The molecule has 10 nitrogen and oxygen atoms in total. The predicted molar refractivity (Wildman–Crippen MR) is 151 cm³/mol. The van der Waals surface area contributed by atoms with E-state index in [4.69, 9.17) is 15.2 Å². The van der Waals surface area contributed by atoms with E-state index in [0.29, 0.717) is 30.0 Å². The number of imidazole rings is 1. The molecule has 0 saturated heterocycles. The lowest BCUT2D eigenvalue weighted by Gasteiger charge is -2.38. The average molecular weight is 587 g/mol. The van der Waals surface area contributed by atoms with Crippen LogP contribution in [0.1, 0.15) is 31.2 Å². The van der Waals surface area contributed by atoms with Gasteiger partial charge in [0.15, 0.2) is 9.84 Å². The molecule has 41 heavy (non-hydrogen) atoms. The molecule has 0 spiro atoms. The Labute approximate surface area is 236 Å². The van der Waals surface area contributed by atoms with Gasteiger partial charge in [-0.25, -0.2) is 22.2 Å². The first-order chi connectivity index (χ1) is 19.6. The number of hydrogen-bond acceptors (Lipinski definition) is 9. The van der Waals surface area contributed by atoms with Crippen LogP contribution in [0, 0.1) is 17.6 Å². The van der Waals surface area contributed by atoms with Gasteiger partial charge in [0.25, 0.3) is 0 Å². The fourth-order valence-electron chi connectivity index (χ4n) is 5.77. The number of nitrogens with zero attached hydrogens (tertiary/aromatic N) is 4. The van der Waals surface area contributed by atoms with E-state index in [9.17, 15) is 8.42 Å². The van der Waals surface area contributed by atoms with Gasteiger partial charge in [-0.1, -0.05) is 6.92 Å². The van der Waals surface area contributed by atoms with Crippen molar-refractivity contribution >= 4 is 27.0 Å². The lowest BCUT2D eigenvalue weighted by Crippen LogP contribution is -2.48. The maximum atomic E-state index is 15.0. The van der Waals surface area contributed by atoms with Gasteiger partial charge in [0.2, 0.25) is 5.95 Å². The molecule has 13 heteroatoms. The van der Waals surface area contributed by atoms with E-state index in [1.165, 1.54) is 23.9 Å². The molecule has 1 aliphatic carbocycles. The fraction of sp³-hybridized carbons (Fsp3) is 0.393. The molecule has 1 saturated carbocycles. The molecule has 1 aliphatic rings. The number of nitrogens with one attached hydrogen (secondary N) is 1.